The van der Waals surface area contributed by atoms with Gasteiger partial charge in [-0.2, -0.15) is 0 Å². The molecular formula is C23H20N2OS2. The Labute approximate surface area is 172 Å². The van der Waals surface area contributed by atoms with Crippen LogP contribution in [0.1, 0.15) is 11.1 Å². The highest BCUT2D eigenvalue weighted by molar-refractivity contribution is 8.00. The average molecular weight is 405 g/mol. The number of rotatable bonds is 5. The minimum atomic E-state index is -0.0416. The number of anilines is 1. The molecule has 0 aliphatic heterocycles. The van der Waals surface area contributed by atoms with E-state index >= 15 is 0 Å². The molecule has 0 saturated carbocycles. The zero-order chi connectivity index (χ0) is 19.5. The Kier molecular flexibility index (Phi) is 5.46. The predicted molar refractivity (Wildman–Crippen MR) is 120 cm³/mol. The Hall–Kier alpha value is -2.63. The van der Waals surface area contributed by atoms with Crippen molar-refractivity contribution in [3.05, 3.63) is 77.2 Å². The molecule has 0 saturated heterocycles. The van der Waals surface area contributed by atoms with Crippen LogP contribution in [-0.4, -0.2) is 16.6 Å². The Morgan fingerprint density at radius 3 is 2.71 bits per heavy atom. The van der Waals surface area contributed by atoms with Crippen molar-refractivity contribution in [2.24, 2.45) is 0 Å². The Bertz CT molecular complexity index is 1150. The number of nitrogens with zero attached hydrogens (tertiary/aromatic N) is 1. The van der Waals surface area contributed by atoms with Gasteiger partial charge in [0.05, 0.1) is 11.4 Å². The first-order chi connectivity index (χ1) is 13.6. The number of carbonyl (C=O) groups is 1. The van der Waals surface area contributed by atoms with Crippen LogP contribution in [0.4, 0.5) is 5.13 Å². The maximum atomic E-state index is 12.4. The van der Waals surface area contributed by atoms with Crippen molar-refractivity contribution >= 4 is 44.9 Å². The fraction of sp³-hybridized carbons (Fsp3) is 0.130. The summed E-state index contributed by atoms with van der Waals surface area (Å²) in [6.07, 6.45) is 0. The number of aromatic nitrogens is 1. The van der Waals surface area contributed by atoms with Crippen LogP contribution in [0.5, 0.6) is 0 Å². The van der Waals surface area contributed by atoms with Crippen LogP contribution in [0.15, 0.2) is 70.9 Å². The average Bonchev–Trinajstić information content (AvgIpc) is 3.16. The first kappa shape index (κ1) is 18.7. The highest BCUT2D eigenvalue weighted by Crippen LogP contribution is 2.29. The van der Waals surface area contributed by atoms with Gasteiger partial charge in [0, 0.05) is 15.8 Å². The van der Waals surface area contributed by atoms with E-state index in [0.717, 1.165) is 16.2 Å². The smallest absolute Gasteiger partial charge is 0.236 e. The van der Waals surface area contributed by atoms with Crippen LogP contribution < -0.4 is 5.32 Å². The normalized spacial score (nSPS) is 10.9. The van der Waals surface area contributed by atoms with Crippen LogP contribution in [0.2, 0.25) is 0 Å². The molecule has 1 heterocycles. The molecule has 0 aliphatic carbocycles. The minimum absolute atomic E-state index is 0.0416. The lowest BCUT2D eigenvalue weighted by atomic mass is 10.0. The molecule has 28 heavy (non-hydrogen) atoms. The SMILES string of the molecule is Cc1ccc(C)c(-c2csc(NC(=O)CSc3ccc4ccccc4c3)n2)c1. The number of nitrogens with one attached hydrogen (secondary N) is 1. The predicted octanol–water partition coefficient (Wildman–Crippen LogP) is 6.31. The first-order valence-electron chi connectivity index (χ1n) is 9.03. The number of benzene rings is 3. The van der Waals surface area contributed by atoms with Gasteiger partial charge in [0.2, 0.25) is 5.91 Å². The monoisotopic (exact) mass is 404 g/mol. The van der Waals surface area contributed by atoms with Crippen molar-refractivity contribution in [2.75, 3.05) is 11.1 Å². The van der Waals surface area contributed by atoms with Gasteiger partial charge in [0.15, 0.2) is 5.13 Å². The summed E-state index contributed by atoms with van der Waals surface area (Å²) in [6.45, 7) is 4.15. The summed E-state index contributed by atoms with van der Waals surface area (Å²) in [5.41, 5.74) is 4.40. The molecular weight excluding hydrogens is 384 g/mol. The molecule has 0 unspecified atom stereocenters. The molecule has 0 aliphatic rings. The number of hydrogen-bond acceptors (Lipinski definition) is 4. The van der Waals surface area contributed by atoms with Gasteiger partial charge >= 0.3 is 0 Å². The second kappa shape index (κ2) is 8.17. The Morgan fingerprint density at radius 2 is 1.86 bits per heavy atom. The van der Waals surface area contributed by atoms with E-state index in [0.29, 0.717) is 10.9 Å². The lowest BCUT2D eigenvalue weighted by Gasteiger charge is -2.05. The second-order valence-electron chi connectivity index (χ2n) is 6.70. The number of thiazole rings is 1. The number of aryl methyl sites for hydroxylation is 2. The summed E-state index contributed by atoms with van der Waals surface area (Å²) < 4.78 is 0. The Morgan fingerprint density at radius 1 is 1.04 bits per heavy atom. The summed E-state index contributed by atoms with van der Waals surface area (Å²) in [6, 6.07) is 20.8. The molecule has 0 bridgehead atoms. The number of hydrogen-bond donors (Lipinski definition) is 1. The molecule has 1 amide bonds. The van der Waals surface area contributed by atoms with Gasteiger partial charge < -0.3 is 5.32 Å². The van der Waals surface area contributed by atoms with Crippen molar-refractivity contribution in [2.45, 2.75) is 18.7 Å². The first-order valence-corrected chi connectivity index (χ1v) is 10.9. The molecule has 1 aromatic heterocycles. The zero-order valence-corrected chi connectivity index (χ0v) is 17.4. The molecule has 1 N–H and O–H groups in total. The number of thioether (sulfide) groups is 1. The van der Waals surface area contributed by atoms with E-state index in [9.17, 15) is 4.79 Å². The van der Waals surface area contributed by atoms with Crippen LogP contribution >= 0.6 is 23.1 Å². The number of fused-ring (bicyclic) bond motifs is 1. The number of carbonyl (C=O) groups excluding carboxylic acids is 1. The van der Waals surface area contributed by atoms with E-state index in [1.54, 1.807) is 0 Å². The van der Waals surface area contributed by atoms with E-state index in [2.05, 4.69) is 72.7 Å². The molecule has 0 fully saturated rings. The molecule has 0 radical (unpaired) electrons. The van der Waals surface area contributed by atoms with Gasteiger partial charge in [0.25, 0.3) is 0 Å². The van der Waals surface area contributed by atoms with Crippen LogP contribution in [0.25, 0.3) is 22.0 Å². The lowest BCUT2D eigenvalue weighted by molar-refractivity contribution is -0.113. The molecule has 5 heteroatoms. The molecule has 3 nitrogen and oxygen atoms in total. The van der Waals surface area contributed by atoms with Crippen molar-refractivity contribution in [3.63, 3.8) is 0 Å². The summed E-state index contributed by atoms with van der Waals surface area (Å²) >= 11 is 2.99. The molecule has 0 spiro atoms. The maximum absolute atomic E-state index is 12.4. The lowest BCUT2D eigenvalue weighted by Crippen LogP contribution is -2.13. The fourth-order valence-corrected chi connectivity index (χ4v) is 4.50. The molecule has 4 aromatic rings. The highest BCUT2D eigenvalue weighted by atomic mass is 32.2. The standard InChI is InChI=1S/C23H20N2OS2/c1-15-7-8-16(2)20(11-15)21-13-28-23(24-21)25-22(26)14-27-19-10-9-17-5-3-4-6-18(17)12-19/h3-13H,14H2,1-2H3,(H,24,25,26). The summed E-state index contributed by atoms with van der Waals surface area (Å²) in [7, 11) is 0. The summed E-state index contributed by atoms with van der Waals surface area (Å²) in [5, 5.41) is 7.95. The van der Waals surface area contributed by atoms with Crippen LogP contribution in [0, 0.1) is 13.8 Å². The third-order valence-corrected chi connectivity index (χ3v) is 6.26. The third-order valence-electron chi connectivity index (χ3n) is 4.51. The van der Waals surface area contributed by atoms with Gasteiger partial charge in [0.1, 0.15) is 0 Å². The molecule has 140 valence electrons. The molecule has 4 rings (SSSR count). The summed E-state index contributed by atoms with van der Waals surface area (Å²) in [5.74, 6) is 0.316. The van der Waals surface area contributed by atoms with E-state index in [1.807, 2.05) is 17.5 Å². The van der Waals surface area contributed by atoms with Crippen LogP contribution in [-0.2, 0) is 4.79 Å². The van der Waals surface area contributed by atoms with Crippen molar-refractivity contribution < 1.29 is 4.79 Å². The van der Waals surface area contributed by atoms with E-state index in [4.69, 9.17) is 0 Å². The van der Waals surface area contributed by atoms with Gasteiger partial charge in [-0.15, -0.1) is 23.1 Å². The van der Waals surface area contributed by atoms with Crippen molar-refractivity contribution in [3.8, 4) is 11.3 Å². The fourth-order valence-electron chi connectivity index (χ4n) is 3.03. The second-order valence-corrected chi connectivity index (χ2v) is 8.61. The maximum Gasteiger partial charge on any atom is 0.236 e. The van der Waals surface area contributed by atoms with E-state index < -0.39 is 0 Å². The van der Waals surface area contributed by atoms with E-state index in [-0.39, 0.29) is 5.91 Å². The largest absolute Gasteiger partial charge is 0.301 e. The third kappa shape index (κ3) is 4.26. The topological polar surface area (TPSA) is 42.0 Å². The highest BCUT2D eigenvalue weighted by Gasteiger charge is 2.10. The minimum Gasteiger partial charge on any atom is -0.301 e. The van der Waals surface area contributed by atoms with E-state index in [1.165, 1.54) is 45.0 Å². The molecule has 0 atom stereocenters. The Balaban J connectivity index is 1.40. The van der Waals surface area contributed by atoms with Crippen molar-refractivity contribution in [1.82, 2.24) is 4.98 Å². The molecule has 3 aromatic carbocycles. The van der Waals surface area contributed by atoms with Gasteiger partial charge in [-0.1, -0.05) is 48.0 Å². The number of amides is 1. The van der Waals surface area contributed by atoms with Gasteiger partial charge in [-0.05, 0) is 48.4 Å². The van der Waals surface area contributed by atoms with Gasteiger partial charge in [-0.25, -0.2) is 4.98 Å². The van der Waals surface area contributed by atoms with Crippen molar-refractivity contribution in [1.29, 1.82) is 0 Å². The zero-order valence-electron chi connectivity index (χ0n) is 15.7. The summed E-state index contributed by atoms with van der Waals surface area (Å²) in [4.78, 5) is 18.0. The quantitative estimate of drug-likeness (QED) is 0.396. The van der Waals surface area contributed by atoms with Gasteiger partial charge in [-0.3, -0.25) is 4.79 Å². The van der Waals surface area contributed by atoms with Crippen LogP contribution in [0.3, 0.4) is 0 Å².